The van der Waals surface area contributed by atoms with Crippen LogP contribution in [-0.2, 0) is 25.7 Å². The first kappa shape index (κ1) is 22.5. The fourth-order valence-electron chi connectivity index (χ4n) is 2.49. The highest BCUT2D eigenvalue weighted by Crippen LogP contribution is 2.32. The second kappa shape index (κ2) is 9.13. The second-order valence-electron chi connectivity index (χ2n) is 6.67. The zero-order valence-corrected chi connectivity index (χ0v) is 15.5. The lowest BCUT2D eigenvalue weighted by Gasteiger charge is -2.38. The summed E-state index contributed by atoms with van der Waals surface area (Å²) in [5.41, 5.74) is -0.270. The summed E-state index contributed by atoms with van der Waals surface area (Å²) in [7, 11) is 0. The van der Waals surface area contributed by atoms with E-state index in [1.54, 1.807) is 13.8 Å². The Morgan fingerprint density at radius 3 is 2.41 bits per heavy atom. The first-order valence-corrected chi connectivity index (χ1v) is 8.56. The molecule has 1 aliphatic rings. The number of nitro benzene ring substituents is 1. The predicted molar refractivity (Wildman–Crippen MR) is 92.7 cm³/mol. The summed E-state index contributed by atoms with van der Waals surface area (Å²) < 4.78 is 15.2. The van der Waals surface area contributed by atoms with Gasteiger partial charge < -0.3 is 34.6 Å². The molecular weight excluding hydrogens is 394 g/mol. The number of hydrogen-bond acceptors (Lipinski definition) is 10. The molecule has 0 aromatic heterocycles. The van der Waals surface area contributed by atoms with Crippen LogP contribution in [0.25, 0.3) is 0 Å². The lowest BCUT2D eigenvalue weighted by molar-refractivity contribution is -0.387. The van der Waals surface area contributed by atoms with E-state index < -0.39 is 53.3 Å². The standard InChI is InChI=1S/C17H21NO11/c1-7(2)16(24)27-6-8-3-4-10(9(5-8)18(25)26)28-17-13(21)11(19)12(20)14(29-17)15(22)23/h3-5,7,11-14,17,19-21H,6H2,1-2H3,(H,22,23)/t11-,12-,13+,14-,17+/m0/s1. The lowest BCUT2D eigenvalue weighted by Crippen LogP contribution is -2.61. The van der Waals surface area contributed by atoms with Gasteiger partial charge in [0, 0.05) is 6.07 Å². The molecule has 0 aliphatic carbocycles. The third kappa shape index (κ3) is 5.17. The van der Waals surface area contributed by atoms with Crippen LogP contribution in [0.3, 0.4) is 0 Å². The van der Waals surface area contributed by atoms with Crippen molar-refractivity contribution in [3.05, 3.63) is 33.9 Å². The van der Waals surface area contributed by atoms with Gasteiger partial charge in [0.15, 0.2) is 11.9 Å². The van der Waals surface area contributed by atoms with E-state index in [2.05, 4.69) is 0 Å². The Labute approximate surface area is 164 Å². The van der Waals surface area contributed by atoms with Gasteiger partial charge in [-0.2, -0.15) is 0 Å². The van der Waals surface area contributed by atoms with Crippen molar-refractivity contribution < 1.29 is 49.1 Å². The van der Waals surface area contributed by atoms with Gasteiger partial charge in [0.1, 0.15) is 24.9 Å². The Hall–Kier alpha value is -2.80. The van der Waals surface area contributed by atoms with E-state index in [1.807, 2.05) is 0 Å². The number of benzene rings is 1. The summed E-state index contributed by atoms with van der Waals surface area (Å²) in [6, 6.07) is 3.60. The molecule has 0 saturated carbocycles. The summed E-state index contributed by atoms with van der Waals surface area (Å²) >= 11 is 0. The van der Waals surface area contributed by atoms with Crippen LogP contribution in [0.5, 0.6) is 5.75 Å². The van der Waals surface area contributed by atoms with E-state index in [-0.39, 0.29) is 18.3 Å². The van der Waals surface area contributed by atoms with E-state index >= 15 is 0 Å². The third-order valence-electron chi connectivity index (χ3n) is 4.13. The second-order valence-corrected chi connectivity index (χ2v) is 6.67. The number of rotatable bonds is 7. The topological polar surface area (TPSA) is 186 Å². The fraction of sp³-hybridized carbons (Fsp3) is 0.529. The van der Waals surface area contributed by atoms with Gasteiger partial charge in [-0.15, -0.1) is 0 Å². The maximum atomic E-state index is 11.5. The van der Waals surface area contributed by atoms with Crippen LogP contribution in [0.4, 0.5) is 5.69 Å². The van der Waals surface area contributed by atoms with Crippen molar-refractivity contribution in [2.75, 3.05) is 0 Å². The van der Waals surface area contributed by atoms with Crippen molar-refractivity contribution in [2.45, 2.75) is 51.2 Å². The third-order valence-corrected chi connectivity index (χ3v) is 4.13. The molecule has 0 bridgehead atoms. The Bertz CT molecular complexity index is 781. The molecule has 1 aromatic carbocycles. The largest absolute Gasteiger partial charge is 0.479 e. The Balaban J connectivity index is 2.22. The molecule has 12 nitrogen and oxygen atoms in total. The highest BCUT2D eigenvalue weighted by Gasteiger charge is 2.48. The molecule has 1 fully saturated rings. The number of aliphatic hydroxyl groups excluding tert-OH is 3. The van der Waals surface area contributed by atoms with Gasteiger partial charge in [0.25, 0.3) is 0 Å². The number of aliphatic hydroxyl groups is 3. The van der Waals surface area contributed by atoms with Crippen LogP contribution < -0.4 is 4.74 Å². The fourth-order valence-corrected chi connectivity index (χ4v) is 2.49. The molecule has 0 radical (unpaired) electrons. The maximum Gasteiger partial charge on any atom is 0.335 e. The smallest absolute Gasteiger partial charge is 0.335 e. The van der Waals surface area contributed by atoms with Crippen LogP contribution in [0.15, 0.2) is 18.2 Å². The van der Waals surface area contributed by atoms with Crippen molar-refractivity contribution in [3.8, 4) is 5.75 Å². The zero-order chi connectivity index (χ0) is 21.9. The number of ether oxygens (including phenoxy) is 3. The Morgan fingerprint density at radius 2 is 1.86 bits per heavy atom. The number of carbonyl (C=O) groups excluding carboxylic acids is 1. The highest BCUT2D eigenvalue weighted by atomic mass is 16.7. The molecular formula is C17H21NO11. The van der Waals surface area contributed by atoms with Crippen LogP contribution in [0.1, 0.15) is 19.4 Å². The molecule has 1 aromatic rings. The van der Waals surface area contributed by atoms with Gasteiger partial charge in [-0.25, -0.2) is 4.79 Å². The van der Waals surface area contributed by atoms with E-state index in [1.165, 1.54) is 6.07 Å². The molecule has 4 N–H and O–H groups in total. The minimum absolute atomic E-state index is 0.216. The molecule has 2 rings (SSSR count). The average molecular weight is 415 g/mol. The molecule has 5 atom stereocenters. The first-order valence-electron chi connectivity index (χ1n) is 8.56. The number of carbonyl (C=O) groups is 2. The molecule has 1 saturated heterocycles. The van der Waals surface area contributed by atoms with Crippen LogP contribution in [-0.4, -0.2) is 68.0 Å². The molecule has 0 amide bonds. The van der Waals surface area contributed by atoms with Crippen molar-refractivity contribution in [1.82, 2.24) is 0 Å². The lowest BCUT2D eigenvalue weighted by atomic mass is 9.99. The minimum Gasteiger partial charge on any atom is -0.479 e. The summed E-state index contributed by atoms with van der Waals surface area (Å²) in [5, 5.41) is 49.8. The SMILES string of the molecule is CC(C)C(=O)OCc1ccc(O[C@@H]2O[C@H](C(=O)O)[C@@H](O)[C@H](O)[C@H]2O)c([N+](=O)[O-])c1. The van der Waals surface area contributed by atoms with E-state index in [4.69, 9.17) is 19.3 Å². The van der Waals surface area contributed by atoms with Gasteiger partial charge in [-0.1, -0.05) is 19.9 Å². The molecule has 1 heterocycles. The normalized spacial score (nSPS) is 26.8. The quantitative estimate of drug-likeness (QED) is 0.257. The maximum absolute atomic E-state index is 11.5. The van der Waals surface area contributed by atoms with Gasteiger partial charge in [0.2, 0.25) is 6.29 Å². The zero-order valence-electron chi connectivity index (χ0n) is 15.5. The number of esters is 1. The number of carboxylic acid groups (broad SMARTS) is 1. The molecule has 29 heavy (non-hydrogen) atoms. The molecule has 160 valence electrons. The van der Waals surface area contributed by atoms with E-state index in [9.17, 15) is 35.0 Å². The van der Waals surface area contributed by atoms with Gasteiger partial charge in [-0.3, -0.25) is 14.9 Å². The number of carboxylic acids is 1. The Kier molecular flexibility index (Phi) is 7.08. The molecule has 12 heteroatoms. The average Bonchev–Trinajstić information content (AvgIpc) is 2.66. The summed E-state index contributed by atoms with van der Waals surface area (Å²) in [5.74, 6) is -2.86. The van der Waals surface area contributed by atoms with Crippen molar-refractivity contribution in [3.63, 3.8) is 0 Å². The summed E-state index contributed by atoms with van der Waals surface area (Å²) in [4.78, 5) is 33.2. The number of nitrogens with zero attached hydrogens (tertiary/aromatic N) is 1. The number of nitro groups is 1. The van der Waals surface area contributed by atoms with Crippen molar-refractivity contribution in [1.29, 1.82) is 0 Å². The first-order chi connectivity index (χ1) is 13.5. The van der Waals surface area contributed by atoms with Gasteiger partial charge in [0.05, 0.1) is 10.8 Å². The van der Waals surface area contributed by atoms with Crippen LogP contribution >= 0.6 is 0 Å². The highest BCUT2D eigenvalue weighted by molar-refractivity contribution is 5.73. The molecule has 0 unspecified atom stereocenters. The van der Waals surface area contributed by atoms with Crippen LogP contribution in [0, 0.1) is 16.0 Å². The number of aliphatic carboxylic acids is 1. The Morgan fingerprint density at radius 1 is 1.21 bits per heavy atom. The van der Waals surface area contributed by atoms with Crippen molar-refractivity contribution >= 4 is 17.6 Å². The number of hydrogen-bond donors (Lipinski definition) is 4. The van der Waals surface area contributed by atoms with E-state index in [0.29, 0.717) is 5.56 Å². The van der Waals surface area contributed by atoms with E-state index in [0.717, 1.165) is 12.1 Å². The van der Waals surface area contributed by atoms with Gasteiger partial charge >= 0.3 is 17.6 Å². The summed E-state index contributed by atoms with van der Waals surface area (Å²) in [6.45, 7) is 3.05. The predicted octanol–water partition coefficient (Wildman–Crippen LogP) is -0.435. The van der Waals surface area contributed by atoms with Crippen LogP contribution in [0.2, 0.25) is 0 Å². The summed E-state index contributed by atoms with van der Waals surface area (Å²) in [6.07, 6.45) is -9.41. The minimum atomic E-state index is -1.92. The van der Waals surface area contributed by atoms with Crippen molar-refractivity contribution in [2.24, 2.45) is 5.92 Å². The van der Waals surface area contributed by atoms with Gasteiger partial charge in [-0.05, 0) is 11.6 Å². The molecule has 1 aliphatic heterocycles. The molecule has 0 spiro atoms. The monoisotopic (exact) mass is 415 g/mol.